The Kier molecular flexibility index (Phi) is 6.13. The molecule has 0 saturated carbocycles. The number of piperazine rings is 1. The van der Waals surface area contributed by atoms with Crippen molar-refractivity contribution in [2.75, 3.05) is 45.9 Å². The molecule has 1 aliphatic rings. The molecule has 0 aromatic heterocycles. The molecule has 1 rings (SSSR count). The number of hydrogen-bond acceptors (Lipinski definition) is 3. The van der Waals surface area contributed by atoms with Crippen molar-refractivity contribution in [3.05, 3.63) is 0 Å². The molecule has 1 unspecified atom stereocenters. The van der Waals surface area contributed by atoms with Crippen LogP contribution in [-0.4, -0.2) is 61.8 Å². The van der Waals surface area contributed by atoms with E-state index in [1.54, 1.807) is 0 Å². The second-order valence-electron chi connectivity index (χ2n) is 4.24. The van der Waals surface area contributed by atoms with Gasteiger partial charge in [-0.15, -0.1) is 0 Å². The third-order valence-corrected chi connectivity index (χ3v) is 3.22. The fourth-order valence-corrected chi connectivity index (χ4v) is 2.25. The maximum atomic E-state index is 12.1. The van der Waals surface area contributed by atoms with Gasteiger partial charge in [-0.1, -0.05) is 13.3 Å². The zero-order chi connectivity index (χ0) is 11.1. The molecule has 0 aliphatic carbocycles. The van der Waals surface area contributed by atoms with E-state index in [0.717, 1.165) is 32.7 Å². The van der Waals surface area contributed by atoms with Gasteiger partial charge in [0.15, 0.2) is 0 Å². The summed E-state index contributed by atoms with van der Waals surface area (Å²) >= 11 is 0. The third-order valence-electron chi connectivity index (χ3n) is 3.22. The number of rotatable bonds is 6. The summed E-state index contributed by atoms with van der Waals surface area (Å²) in [5, 5.41) is 0. The maximum absolute atomic E-state index is 12.1. The van der Waals surface area contributed by atoms with Crippen LogP contribution in [0.25, 0.3) is 0 Å². The van der Waals surface area contributed by atoms with E-state index in [0.29, 0.717) is 12.6 Å². The molecule has 4 heteroatoms. The molecule has 0 amide bonds. The molecule has 0 spiro atoms. The lowest BCUT2D eigenvalue weighted by Crippen LogP contribution is -2.52. The summed E-state index contributed by atoms with van der Waals surface area (Å²) < 4.78 is 12.1. The lowest BCUT2D eigenvalue weighted by Gasteiger charge is -2.38. The van der Waals surface area contributed by atoms with Crippen molar-refractivity contribution in [2.45, 2.75) is 25.8 Å². The lowest BCUT2D eigenvalue weighted by atomic mass is 10.1. The van der Waals surface area contributed by atoms with Gasteiger partial charge in [0, 0.05) is 45.3 Å². The largest absolute Gasteiger partial charge is 0.329 e. The average molecular weight is 217 g/mol. The zero-order valence-electron chi connectivity index (χ0n) is 9.79. The minimum atomic E-state index is -0.227. The molecule has 15 heavy (non-hydrogen) atoms. The summed E-state index contributed by atoms with van der Waals surface area (Å²) in [7, 11) is 0. The Hall–Kier alpha value is -0.190. The van der Waals surface area contributed by atoms with Crippen LogP contribution < -0.4 is 5.73 Å². The molecule has 0 aromatic rings. The van der Waals surface area contributed by atoms with Crippen LogP contribution in [0, 0.1) is 0 Å². The van der Waals surface area contributed by atoms with Crippen LogP contribution >= 0.6 is 0 Å². The van der Waals surface area contributed by atoms with Gasteiger partial charge < -0.3 is 5.73 Å². The molecule has 1 fully saturated rings. The van der Waals surface area contributed by atoms with Crippen LogP contribution in [-0.2, 0) is 0 Å². The number of nitrogens with zero attached hydrogens (tertiary/aromatic N) is 2. The summed E-state index contributed by atoms with van der Waals surface area (Å²) in [5.41, 5.74) is 5.77. The van der Waals surface area contributed by atoms with Gasteiger partial charge in [0.1, 0.15) is 6.67 Å². The first-order valence-corrected chi connectivity index (χ1v) is 6.04. The number of halogens is 1. The van der Waals surface area contributed by atoms with E-state index < -0.39 is 0 Å². The maximum Gasteiger partial charge on any atom is 0.102 e. The highest BCUT2D eigenvalue weighted by Gasteiger charge is 2.21. The van der Waals surface area contributed by atoms with E-state index in [1.165, 1.54) is 12.8 Å². The van der Waals surface area contributed by atoms with E-state index in [9.17, 15) is 4.39 Å². The molecule has 0 bridgehead atoms. The number of nitrogens with two attached hydrogens (primary N) is 1. The first-order chi connectivity index (χ1) is 7.31. The summed E-state index contributed by atoms with van der Waals surface area (Å²) in [6.45, 7) is 7.38. The van der Waals surface area contributed by atoms with Crippen LogP contribution in [0.15, 0.2) is 0 Å². The van der Waals surface area contributed by atoms with E-state index in [1.807, 2.05) is 0 Å². The highest BCUT2D eigenvalue weighted by molar-refractivity contribution is 4.78. The third kappa shape index (κ3) is 4.05. The highest BCUT2D eigenvalue weighted by atomic mass is 19.1. The van der Waals surface area contributed by atoms with Crippen LogP contribution in [0.5, 0.6) is 0 Å². The molecule has 3 nitrogen and oxygen atoms in total. The predicted octanol–water partition coefficient (Wildman–Crippen LogP) is 0.701. The molecule has 90 valence electrons. The second kappa shape index (κ2) is 7.14. The van der Waals surface area contributed by atoms with Crippen LogP contribution in [0.4, 0.5) is 4.39 Å². The SMILES string of the molecule is CCCC(CN)N1CCN(CCF)CC1. The first kappa shape index (κ1) is 12.9. The minimum absolute atomic E-state index is 0.227. The lowest BCUT2D eigenvalue weighted by molar-refractivity contribution is 0.0907. The average Bonchev–Trinajstić information content (AvgIpc) is 2.28. The van der Waals surface area contributed by atoms with Crippen molar-refractivity contribution in [3.63, 3.8) is 0 Å². The monoisotopic (exact) mass is 217 g/mol. The van der Waals surface area contributed by atoms with E-state index in [4.69, 9.17) is 5.73 Å². The van der Waals surface area contributed by atoms with Crippen molar-refractivity contribution < 1.29 is 4.39 Å². The Morgan fingerprint density at radius 1 is 1.27 bits per heavy atom. The van der Waals surface area contributed by atoms with Gasteiger partial charge in [-0.3, -0.25) is 9.80 Å². The molecule has 2 N–H and O–H groups in total. The Morgan fingerprint density at radius 3 is 2.40 bits per heavy atom. The molecular formula is C11H24FN3. The van der Waals surface area contributed by atoms with Crippen molar-refractivity contribution in [1.29, 1.82) is 0 Å². The van der Waals surface area contributed by atoms with Gasteiger partial charge in [0.25, 0.3) is 0 Å². The quantitative estimate of drug-likeness (QED) is 0.711. The summed E-state index contributed by atoms with van der Waals surface area (Å²) in [6, 6.07) is 0.530. The smallest absolute Gasteiger partial charge is 0.102 e. The predicted molar refractivity (Wildman–Crippen MR) is 61.7 cm³/mol. The Labute approximate surface area is 92.4 Å². The first-order valence-electron chi connectivity index (χ1n) is 6.04. The standard InChI is InChI=1S/C11H24FN3/c1-2-3-11(10-13)15-8-6-14(5-4-12)7-9-15/h11H,2-10,13H2,1H3. The molecular weight excluding hydrogens is 193 g/mol. The van der Waals surface area contributed by atoms with Gasteiger partial charge in [-0.2, -0.15) is 0 Å². The highest BCUT2D eigenvalue weighted by Crippen LogP contribution is 2.10. The normalized spacial score (nSPS) is 21.8. The zero-order valence-corrected chi connectivity index (χ0v) is 9.79. The number of hydrogen-bond donors (Lipinski definition) is 1. The Bertz CT molecular complexity index is 158. The molecule has 1 saturated heterocycles. The van der Waals surface area contributed by atoms with Gasteiger partial charge in [-0.25, -0.2) is 4.39 Å². The molecule has 1 atom stereocenters. The summed E-state index contributed by atoms with van der Waals surface area (Å²) in [5.74, 6) is 0. The van der Waals surface area contributed by atoms with Gasteiger partial charge in [-0.05, 0) is 6.42 Å². The van der Waals surface area contributed by atoms with Gasteiger partial charge >= 0.3 is 0 Å². The van der Waals surface area contributed by atoms with Crippen molar-refractivity contribution in [2.24, 2.45) is 5.73 Å². The van der Waals surface area contributed by atoms with Crippen molar-refractivity contribution in [3.8, 4) is 0 Å². The molecule has 0 aromatic carbocycles. The van der Waals surface area contributed by atoms with Crippen molar-refractivity contribution in [1.82, 2.24) is 9.80 Å². The van der Waals surface area contributed by atoms with E-state index in [-0.39, 0.29) is 6.67 Å². The summed E-state index contributed by atoms with van der Waals surface area (Å²) in [4.78, 5) is 4.65. The van der Waals surface area contributed by atoms with Crippen LogP contribution in [0.1, 0.15) is 19.8 Å². The Morgan fingerprint density at radius 2 is 1.93 bits per heavy atom. The van der Waals surface area contributed by atoms with E-state index >= 15 is 0 Å². The number of alkyl halides is 1. The van der Waals surface area contributed by atoms with Gasteiger partial charge in [0.2, 0.25) is 0 Å². The molecule has 1 heterocycles. The van der Waals surface area contributed by atoms with Crippen LogP contribution in [0.3, 0.4) is 0 Å². The van der Waals surface area contributed by atoms with E-state index in [2.05, 4.69) is 16.7 Å². The minimum Gasteiger partial charge on any atom is -0.329 e. The van der Waals surface area contributed by atoms with Crippen molar-refractivity contribution >= 4 is 0 Å². The fourth-order valence-electron chi connectivity index (χ4n) is 2.25. The molecule has 1 aliphatic heterocycles. The summed E-state index contributed by atoms with van der Waals surface area (Å²) in [6.07, 6.45) is 2.37. The molecule has 0 radical (unpaired) electrons. The van der Waals surface area contributed by atoms with Gasteiger partial charge in [0.05, 0.1) is 0 Å². The van der Waals surface area contributed by atoms with Crippen LogP contribution in [0.2, 0.25) is 0 Å². The Balaban J connectivity index is 2.28. The topological polar surface area (TPSA) is 32.5 Å². The fraction of sp³-hybridized carbons (Fsp3) is 1.00. The second-order valence-corrected chi connectivity index (χ2v) is 4.24.